The van der Waals surface area contributed by atoms with E-state index in [4.69, 9.17) is 9.47 Å². The topological polar surface area (TPSA) is 54.8 Å². The second-order valence-corrected chi connectivity index (χ2v) is 4.62. The van der Waals surface area contributed by atoms with Gasteiger partial charge in [0.2, 0.25) is 0 Å². The van der Waals surface area contributed by atoms with Gasteiger partial charge in [-0.25, -0.2) is 4.98 Å². The van der Waals surface area contributed by atoms with Gasteiger partial charge in [-0.1, -0.05) is 6.07 Å². The highest BCUT2D eigenvalue weighted by atomic mass is 16.5. The van der Waals surface area contributed by atoms with Crippen LogP contribution in [-0.4, -0.2) is 50.1 Å². The van der Waals surface area contributed by atoms with Crippen LogP contribution in [0.5, 0.6) is 0 Å². The minimum absolute atomic E-state index is 0.213. The van der Waals surface area contributed by atoms with Gasteiger partial charge in [0.15, 0.2) is 0 Å². The molecule has 0 aliphatic carbocycles. The summed E-state index contributed by atoms with van der Waals surface area (Å²) in [5.41, 5.74) is 0.815. The van der Waals surface area contributed by atoms with Crippen LogP contribution in [0, 0.1) is 0 Å². The van der Waals surface area contributed by atoms with E-state index in [-0.39, 0.29) is 6.04 Å². The summed E-state index contributed by atoms with van der Waals surface area (Å²) < 4.78 is 10.3. The highest BCUT2D eigenvalue weighted by Crippen LogP contribution is 2.17. The zero-order valence-corrected chi connectivity index (χ0v) is 12.2. The Labute approximate surface area is 115 Å². The molecule has 0 saturated carbocycles. The molecule has 0 amide bonds. The maximum absolute atomic E-state index is 9.49. The summed E-state index contributed by atoms with van der Waals surface area (Å²) in [5.74, 6) is 0.867. The number of hydrogen-bond donors (Lipinski definition) is 1. The molecule has 5 nitrogen and oxygen atoms in total. The smallest absolute Gasteiger partial charge is 0.128 e. The Balaban J connectivity index is 2.83. The SMILES string of the molecule is COCCN(c1ccc(C(C)O)cn1)C(C)COC. The summed E-state index contributed by atoms with van der Waals surface area (Å²) in [6.45, 7) is 5.83. The number of rotatable bonds is 8. The van der Waals surface area contributed by atoms with Crippen LogP contribution in [0.3, 0.4) is 0 Å². The van der Waals surface area contributed by atoms with Crippen molar-refractivity contribution < 1.29 is 14.6 Å². The van der Waals surface area contributed by atoms with E-state index in [1.807, 2.05) is 12.1 Å². The lowest BCUT2D eigenvalue weighted by Gasteiger charge is -2.29. The summed E-state index contributed by atoms with van der Waals surface area (Å²) >= 11 is 0. The molecule has 0 aromatic carbocycles. The van der Waals surface area contributed by atoms with E-state index in [0.717, 1.165) is 17.9 Å². The lowest BCUT2D eigenvalue weighted by molar-refractivity contribution is 0.170. The lowest BCUT2D eigenvalue weighted by atomic mass is 10.2. The largest absolute Gasteiger partial charge is 0.389 e. The number of aliphatic hydroxyl groups excluding tert-OH is 1. The van der Waals surface area contributed by atoms with E-state index in [0.29, 0.717) is 13.2 Å². The summed E-state index contributed by atoms with van der Waals surface area (Å²) in [6.07, 6.45) is 1.21. The van der Waals surface area contributed by atoms with Crippen molar-refractivity contribution in [2.75, 3.05) is 38.9 Å². The molecule has 0 aliphatic rings. The van der Waals surface area contributed by atoms with Crippen molar-refractivity contribution in [3.05, 3.63) is 23.9 Å². The fourth-order valence-corrected chi connectivity index (χ4v) is 1.90. The van der Waals surface area contributed by atoms with Crippen molar-refractivity contribution >= 4 is 5.82 Å². The lowest BCUT2D eigenvalue weighted by Crippen LogP contribution is -2.39. The Morgan fingerprint density at radius 2 is 2.00 bits per heavy atom. The molecule has 0 saturated heterocycles. The van der Waals surface area contributed by atoms with E-state index < -0.39 is 6.10 Å². The van der Waals surface area contributed by atoms with Gasteiger partial charge < -0.3 is 19.5 Å². The van der Waals surface area contributed by atoms with Crippen molar-refractivity contribution in [2.45, 2.75) is 26.0 Å². The summed E-state index contributed by atoms with van der Waals surface area (Å²) in [7, 11) is 3.37. The highest BCUT2D eigenvalue weighted by Gasteiger charge is 2.15. The monoisotopic (exact) mass is 268 g/mol. The van der Waals surface area contributed by atoms with Gasteiger partial charge in [0.05, 0.1) is 25.4 Å². The molecule has 1 aromatic heterocycles. The molecule has 0 spiro atoms. The zero-order chi connectivity index (χ0) is 14.3. The number of ether oxygens (including phenoxy) is 2. The Hall–Kier alpha value is -1.17. The molecule has 5 heteroatoms. The Morgan fingerprint density at radius 1 is 1.26 bits per heavy atom. The van der Waals surface area contributed by atoms with E-state index in [1.54, 1.807) is 27.3 Å². The fourth-order valence-electron chi connectivity index (χ4n) is 1.90. The zero-order valence-electron chi connectivity index (χ0n) is 12.2. The normalized spacial score (nSPS) is 14.2. The van der Waals surface area contributed by atoms with Gasteiger partial charge in [-0.3, -0.25) is 0 Å². The third-order valence-corrected chi connectivity index (χ3v) is 3.02. The first kappa shape index (κ1) is 15.9. The molecular formula is C14H24N2O3. The van der Waals surface area contributed by atoms with Crippen LogP contribution >= 0.6 is 0 Å². The van der Waals surface area contributed by atoms with E-state index in [9.17, 15) is 5.11 Å². The molecule has 1 heterocycles. The summed E-state index contributed by atoms with van der Waals surface area (Å²) in [6, 6.07) is 4.03. The van der Waals surface area contributed by atoms with Crippen LogP contribution in [0.2, 0.25) is 0 Å². The number of pyridine rings is 1. The Kier molecular flexibility index (Phi) is 6.77. The maximum atomic E-state index is 9.49. The molecule has 0 radical (unpaired) electrons. The first-order valence-electron chi connectivity index (χ1n) is 6.48. The molecule has 0 aliphatic heterocycles. The van der Waals surface area contributed by atoms with Crippen LogP contribution in [0.4, 0.5) is 5.82 Å². The van der Waals surface area contributed by atoms with Crippen LogP contribution in [-0.2, 0) is 9.47 Å². The Bertz CT molecular complexity index is 354. The number of anilines is 1. The third-order valence-electron chi connectivity index (χ3n) is 3.02. The number of nitrogens with zero attached hydrogens (tertiary/aromatic N) is 2. The Morgan fingerprint density at radius 3 is 2.47 bits per heavy atom. The fraction of sp³-hybridized carbons (Fsp3) is 0.643. The second kappa shape index (κ2) is 8.09. The van der Waals surface area contributed by atoms with Crippen LogP contribution in [0.1, 0.15) is 25.5 Å². The highest BCUT2D eigenvalue weighted by molar-refractivity contribution is 5.40. The first-order valence-corrected chi connectivity index (χ1v) is 6.48. The average molecular weight is 268 g/mol. The molecule has 0 fully saturated rings. The van der Waals surface area contributed by atoms with Gasteiger partial charge in [-0.2, -0.15) is 0 Å². The molecule has 1 N–H and O–H groups in total. The average Bonchev–Trinajstić information content (AvgIpc) is 2.40. The molecule has 108 valence electrons. The molecule has 19 heavy (non-hydrogen) atoms. The van der Waals surface area contributed by atoms with Crippen molar-refractivity contribution in [2.24, 2.45) is 0 Å². The van der Waals surface area contributed by atoms with E-state index in [2.05, 4.69) is 16.8 Å². The van der Waals surface area contributed by atoms with Gasteiger partial charge in [0.25, 0.3) is 0 Å². The standard InChI is InChI=1S/C14H24N2O3/c1-11(10-19-4)16(7-8-18-3)14-6-5-13(9-15-14)12(2)17/h5-6,9,11-12,17H,7-8,10H2,1-4H3. The van der Waals surface area contributed by atoms with Gasteiger partial charge >= 0.3 is 0 Å². The van der Waals surface area contributed by atoms with Gasteiger partial charge in [-0.05, 0) is 25.5 Å². The van der Waals surface area contributed by atoms with E-state index >= 15 is 0 Å². The summed E-state index contributed by atoms with van der Waals surface area (Å²) in [4.78, 5) is 6.55. The third kappa shape index (κ3) is 4.78. The van der Waals surface area contributed by atoms with Gasteiger partial charge in [-0.15, -0.1) is 0 Å². The molecular weight excluding hydrogens is 244 g/mol. The molecule has 1 rings (SSSR count). The maximum Gasteiger partial charge on any atom is 0.128 e. The number of hydrogen-bond acceptors (Lipinski definition) is 5. The molecule has 2 unspecified atom stereocenters. The van der Waals surface area contributed by atoms with Crippen molar-refractivity contribution in [1.29, 1.82) is 0 Å². The van der Waals surface area contributed by atoms with E-state index in [1.165, 1.54) is 0 Å². The first-order chi connectivity index (χ1) is 9.10. The molecule has 1 aromatic rings. The van der Waals surface area contributed by atoms with Crippen molar-refractivity contribution in [3.63, 3.8) is 0 Å². The van der Waals surface area contributed by atoms with Gasteiger partial charge in [0.1, 0.15) is 5.82 Å². The number of methoxy groups -OCH3 is 2. The predicted molar refractivity (Wildman–Crippen MR) is 75.4 cm³/mol. The minimum atomic E-state index is -0.495. The molecule has 0 bridgehead atoms. The van der Waals surface area contributed by atoms with Crippen LogP contribution in [0.25, 0.3) is 0 Å². The summed E-state index contributed by atoms with van der Waals surface area (Å²) in [5, 5.41) is 9.49. The minimum Gasteiger partial charge on any atom is -0.389 e. The molecule has 2 atom stereocenters. The predicted octanol–water partition coefficient (Wildman–Crippen LogP) is 1.62. The van der Waals surface area contributed by atoms with Crippen molar-refractivity contribution in [1.82, 2.24) is 4.98 Å². The number of aliphatic hydroxyl groups is 1. The van der Waals surface area contributed by atoms with Crippen LogP contribution < -0.4 is 4.90 Å². The number of aromatic nitrogens is 1. The van der Waals surface area contributed by atoms with Crippen LogP contribution in [0.15, 0.2) is 18.3 Å². The quantitative estimate of drug-likeness (QED) is 0.776. The second-order valence-electron chi connectivity index (χ2n) is 4.62. The van der Waals surface area contributed by atoms with Gasteiger partial charge in [0, 0.05) is 27.0 Å². The van der Waals surface area contributed by atoms with Crippen molar-refractivity contribution in [3.8, 4) is 0 Å².